The lowest BCUT2D eigenvalue weighted by atomic mass is 9.94. The molecule has 10 nitrogen and oxygen atoms in total. The molecule has 0 aromatic carbocycles. The van der Waals surface area contributed by atoms with E-state index >= 15 is 0 Å². The van der Waals surface area contributed by atoms with Gasteiger partial charge in [0, 0.05) is 24.8 Å². The molecule has 4 aromatic heterocycles. The average Bonchev–Trinajstić information content (AvgIpc) is 3.45. The number of piperidine rings is 1. The Balaban J connectivity index is 1.52. The smallest absolute Gasteiger partial charge is 0.179 e. The minimum Gasteiger partial charge on any atom is -0.479 e. The van der Waals surface area contributed by atoms with Gasteiger partial charge in [0.05, 0.1) is 36.4 Å². The lowest BCUT2D eigenvalue weighted by Crippen LogP contribution is -2.38. The van der Waals surface area contributed by atoms with E-state index < -0.39 is 24.3 Å². The van der Waals surface area contributed by atoms with Gasteiger partial charge >= 0.3 is 0 Å². The second-order valence-electron chi connectivity index (χ2n) is 8.92. The number of aliphatic hydroxyl groups is 1. The Morgan fingerprint density at radius 2 is 2.14 bits per heavy atom. The van der Waals surface area contributed by atoms with Crippen LogP contribution in [-0.4, -0.2) is 59.3 Å². The molecule has 0 aliphatic carbocycles. The van der Waals surface area contributed by atoms with E-state index in [1.54, 1.807) is 17.2 Å². The molecule has 3 atom stereocenters. The number of nitrogens with zero attached hydrogens (tertiary/aromatic N) is 8. The van der Waals surface area contributed by atoms with Gasteiger partial charge in [-0.2, -0.15) is 10.4 Å². The molecule has 0 unspecified atom stereocenters. The number of aliphatic hydroxyl groups excluding tert-OH is 1. The molecular weight excluding hydrogens is 470 g/mol. The Morgan fingerprint density at radius 3 is 2.83 bits per heavy atom. The van der Waals surface area contributed by atoms with Crippen LogP contribution in [0.25, 0.3) is 16.8 Å². The van der Waals surface area contributed by atoms with Crippen LogP contribution in [0.2, 0.25) is 0 Å². The molecule has 0 bridgehead atoms. The monoisotopic (exact) mass is 494 g/mol. The van der Waals surface area contributed by atoms with E-state index in [-0.39, 0.29) is 23.2 Å². The standard InChI is InChI=1S/C24H24F2N8O2/c1-14-10-32(13-27)6-5-20(14)34-15(2)23(30-31-34)16-7-21(24-18(26)9-29-33(24)11-16)36-22(12-35)19-4-3-17(25)8-28-19/h3-4,7-9,11,14,20,22,35H,5-6,10,12H2,1-2H3/t14-,20-,22+/m0/s1. The van der Waals surface area contributed by atoms with Crippen molar-refractivity contribution in [2.75, 3.05) is 19.7 Å². The highest BCUT2D eigenvalue weighted by atomic mass is 19.1. The third-order valence-corrected chi connectivity index (χ3v) is 6.56. The number of aromatic nitrogens is 6. The second kappa shape index (κ2) is 9.50. The quantitative estimate of drug-likeness (QED) is 0.407. The molecule has 5 rings (SSSR count). The van der Waals surface area contributed by atoms with E-state index in [0.717, 1.165) is 24.5 Å². The lowest BCUT2D eigenvalue weighted by Gasteiger charge is -2.34. The van der Waals surface area contributed by atoms with Gasteiger partial charge in [0.25, 0.3) is 0 Å². The molecule has 5 heterocycles. The van der Waals surface area contributed by atoms with E-state index in [1.807, 2.05) is 11.6 Å². The van der Waals surface area contributed by atoms with E-state index in [0.29, 0.717) is 30.0 Å². The molecule has 1 aliphatic rings. The van der Waals surface area contributed by atoms with Crippen LogP contribution in [-0.2, 0) is 0 Å². The normalized spacial score (nSPS) is 18.8. The SMILES string of the molecule is Cc1c(-c2cc(O[C@H](CO)c3ccc(F)cn3)c3c(F)cnn3c2)nnn1[C@H]1CCN(C#N)C[C@@H]1C. The van der Waals surface area contributed by atoms with Crippen molar-refractivity contribution in [2.24, 2.45) is 5.92 Å². The summed E-state index contributed by atoms with van der Waals surface area (Å²) in [6, 6.07) is 4.32. The Kier molecular flexibility index (Phi) is 6.24. The molecule has 12 heteroatoms. The highest BCUT2D eigenvalue weighted by molar-refractivity contribution is 5.70. The van der Waals surface area contributed by atoms with Crippen molar-refractivity contribution in [1.29, 1.82) is 5.26 Å². The van der Waals surface area contributed by atoms with E-state index in [2.05, 4.69) is 33.5 Å². The van der Waals surface area contributed by atoms with Crippen molar-refractivity contribution in [3.8, 4) is 23.2 Å². The van der Waals surface area contributed by atoms with Crippen LogP contribution in [0, 0.1) is 35.9 Å². The maximum atomic E-state index is 14.6. The molecule has 0 amide bonds. The summed E-state index contributed by atoms with van der Waals surface area (Å²) in [5.74, 6) is -0.800. The Labute approximate surface area is 205 Å². The molecule has 1 aliphatic heterocycles. The number of hydrogen-bond donors (Lipinski definition) is 1. The summed E-state index contributed by atoms with van der Waals surface area (Å²) in [5.41, 5.74) is 2.36. The average molecular weight is 495 g/mol. The van der Waals surface area contributed by atoms with Crippen molar-refractivity contribution in [1.82, 2.24) is 34.5 Å². The molecule has 0 radical (unpaired) electrons. The van der Waals surface area contributed by atoms with E-state index in [1.165, 1.54) is 16.6 Å². The van der Waals surface area contributed by atoms with Crippen molar-refractivity contribution >= 4 is 5.52 Å². The van der Waals surface area contributed by atoms with Crippen LogP contribution in [0.4, 0.5) is 8.78 Å². The maximum absolute atomic E-state index is 14.6. The number of nitriles is 1. The lowest BCUT2D eigenvalue weighted by molar-refractivity contribution is 0.114. The Hall–Kier alpha value is -4.11. The zero-order valence-corrected chi connectivity index (χ0v) is 19.7. The summed E-state index contributed by atoms with van der Waals surface area (Å²) in [4.78, 5) is 5.72. The number of fused-ring (bicyclic) bond motifs is 1. The van der Waals surface area contributed by atoms with Crippen LogP contribution < -0.4 is 4.74 Å². The fraction of sp³-hybridized carbons (Fsp3) is 0.375. The number of likely N-dealkylation sites (tertiary alicyclic amines) is 1. The molecule has 1 saturated heterocycles. The van der Waals surface area contributed by atoms with Gasteiger partial charge in [-0.05, 0) is 37.5 Å². The third-order valence-electron chi connectivity index (χ3n) is 6.56. The molecule has 1 fully saturated rings. The van der Waals surface area contributed by atoms with Gasteiger partial charge in [-0.25, -0.2) is 18.0 Å². The fourth-order valence-electron chi connectivity index (χ4n) is 4.70. The Morgan fingerprint density at radius 1 is 1.31 bits per heavy atom. The summed E-state index contributed by atoms with van der Waals surface area (Å²) in [6.45, 7) is 4.83. The summed E-state index contributed by atoms with van der Waals surface area (Å²) in [6.07, 6.45) is 5.75. The van der Waals surface area contributed by atoms with Crippen molar-refractivity contribution in [3.63, 3.8) is 0 Å². The van der Waals surface area contributed by atoms with Gasteiger partial charge in [0.1, 0.15) is 22.8 Å². The van der Waals surface area contributed by atoms with Crippen LogP contribution in [0.1, 0.15) is 36.9 Å². The molecule has 186 valence electrons. The molecule has 4 aromatic rings. The van der Waals surface area contributed by atoms with Crippen LogP contribution >= 0.6 is 0 Å². The number of hydrogen-bond acceptors (Lipinski definition) is 8. The van der Waals surface area contributed by atoms with Gasteiger partial charge < -0.3 is 14.7 Å². The maximum Gasteiger partial charge on any atom is 0.179 e. The molecule has 0 spiro atoms. The molecule has 1 N–H and O–H groups in total. The summed E-state index contributed by atoms with van der Waals surface area (Å²) < 4.78 is 37.2. The predicted molar refractivity (Wildman–Crippen MR) is 124 cm³/mol. The van der Waals surface area contributed by atoms with Crippen molar-refractivity contribution in [2.45, 2.75) is 32.4 Å². The van der Waals surface area contributed by atoms with Crippen LogP contribution in [0.3, 0.4) is 0 Å². The van der Waals surface area contributed by atoms with E-state index in [9.17, 15) is 19.1 Å². The van der Waals surface area contributed by atoms with Gasteiger partial charge in [0.2, 0.25) is 0 Å². The Bertz CT molecular complexity index is 1430. The largest absolute Gasteiger partial charge is 0.479 e. The number of rotatable bonds is 6. The first kappa shape index (κ1) is 23.6. The molecule has 36 heavy (non-hydrogen) atoms. The van der Waals surface area contributed by atoms with Crippen LogP contribution in [0.15, 0.2) is 36.8 Å². The van der Waals surface area contributed by atoms with Crippen LogP contribution in [0.5, 0.6) is 5.75 Å². The number of halogens is 2. The highest BCUT2D eigenvalue weighted by Gasteiger charge is 2.30. The van der Waals surface area contributed by atoms with Crippen molar-refractivity contribution in [3.05, 3.63) is 59.8 Å². The van der Waals surface area contributed by atoms with E-state index in [4.69, 9.17) is 4.74 Å². The van der Waals surface area contributed by atoms with Gasteiger partial charge in [-0.1, -0.05) is 12.1 Å². The minimum absolute atomic E-state index is 0.0840. The number of ether oxygens (including phenoxy) is 1. The first-order chi connectivity index (χ1) is 17.4. The summed E-state index contributed by atoms with van der Waals surface area (Å²) >= 11 is 0. The van der Waals surface area contributed by atoms with Gasteiger partial charge in [-0.3, -0.25) is 4.98 Å². The molecular formula is C24H24F2N8O2. The number of pyridine rings is 2. The predicted octanol–water partition coefficient (Wildman–Crippen LogP) is 3.05. The fourth-order valence-corrected chi connectivity index (χ4v) is 4.70. The minimum atomic E-state index is -0.957. The first-order valence-electron chi connectivity index (χ1n) is 11.5. The third kappa shape index (κ3) is 4.22. The topological polar surface area (TPSA) is 117 Å². The summed E-state index contributed by atoms with van der Waals surface area (Å²) in [5, 5.41) is 32.0. The second-order valence-corrected chi connectivity index (χ2v) is 8.92. The van der Waals surface area contributed by atoms with Gasteiger partial charge in [0.15, 0.2) is 18.1 Å². The zero-order valence-electron chi connectivity index (χ0n) is 19.7. The zero-order chi connectivity index (χ0) is 25.4. The summed E-state index contributed by atoms with van der Waals surface area (Å²) in [7, 11) is 0. The van der Waals surface area contributed by atoms with Crippen molar-refractivity contribution < 1.29 is 18.6 Å². The highest BCUT2D eigenvalue weighted by Crippen LogP contribution is 2.35. The first-order valence-corrected chi connectivity index (χ1v) is 11.5. The van der Waals surface area contributed by atoms with Gasteiger partial charge in [-0.15, -0.1) is 5.10 Å². The molecule has 0 saturated carbocycles.